The van der Waals surface area contributed by atoms with Crippen molar-refractivity contribution < 1.29 is 13.2 Å². The Morgan fingerprint density at radius 3 is 2.21 bits per heavy atom. The molecule has 0 amide bonds. The number of hydrogen-bond donors (Lipinski definition) is 1. The van der Waals surface area contributed by atoms with Crippen molar-refractivity contribution in [3.63, 3.8) is 0 Å². The van der Waals surface area contributed by atoms with E-state index in [4.69, 9.17) is 5.73 Å². The summed E-state index contributed by atoms with van der Waals surface area (Å²) in [6.07, 6.45) is 2.84. The zero-order valence-electron chi connectivity index (χ0n) is 10.9. The molecule has 2 N–H and O–H groups in total. The second kappa shape index (κ2) is 5.95. The van der Waals surface area contributed by atoms with Crippen molar-refractivity contribution in [3.05, 3.63) is 35.4 Å². The maximum absolute atomic E-state index is 12.4. The molecule has 19 heavy (non-hydrogen) atoms. The molecule has 0 aromatic heterocycles. The zero-order chi connectivity index (χ0) is 13.9. The molecule has 1 fully saturated rings. The molecule has 1 aliphatic rings. The number of halogens is 3. The van der Waals surface area contributed by atoms with Crippen molar-refractivity contribution in [2.45, 2.75) is 50.7 Å². The minimum atomic E-state index is -4.27. The quantitative estimate of drug-likeness (QED) is 0.845. The topological polar surface area (TPSA) is 26.0 Å². The van der Waals surface area contributed by atoms with E-state index in [2.05, 4.69) is 0 Å². The monoisotopic (exact) mass is 271 g/mol. The minimum Gasteiger partial charge on any atom is -0.324 e. The van der Waals surface area contributed by atoms with E-state index in [1.54, 1.807) is 0 Å². The molecule has 0 bridgehead atoms. The van der Waals surface area contributed by atoms with Crippen LogP contribution in [0.2, 0.25) is 0 Å². The Hall–Kier alpha value is -1.03. The Kier molecular flexibility index (Phi) is 4.50. The van der Waals surface area contributed by atoms with Crippen LogP contribution in [0.4, 0.5) is 13.2 Å². The van der Waals surface area contributed by atoms with Gasteiger partial charge in [-0.3, -0.25) is 0 Å². The summed E-state index contributed by atoms with van der Waals surface area (Å²) in [5.74, 6) is 0.764. The third-order valence-electron chi connectivity index (χ3n) is 4.03. The van der Waals surface area contributed by atoms with Crippen LogP contribution in [-0.4, -0.2) is 0 Å². The Morgan fingerprint density at radius 1 is 1.11 bits per heavy atom. The van der Waals surface area contributed by atoms with Gasteiger partial charge < -0.3 is 5.73 Å². The fourth-order valence-corrected chi connectivity index (χ4v) is 2.80. The van der Waals surface area contributed by atoms with Gasteiger partial charge in [-0.05, 0) is 36.5 Å². The fraction of sp³-hybridized carbons (Fsp3) is 0.600. The van der Waals surface area contributed by atoms with Crippen LogP contribution in [0.5, 0.6) is 0 Å². The van der Waals surface area contributed by atoms with Gasteiger partial charge in [-0.2, -0.15) is 13.2 Å². The minimum absolute atomic E-state index is 0.150. The smallest absolute Gasteiger partial charge is 0.324 e. The highest BCUT2D eigenvalue weighted by atomic mass is 19.4. The Balaban J connectivity index is 1.89. The van der Waals surface area contributed by atoms with Crippen molar-refractivity contribution in [3.8, 4) is 0 Å². The first-order valence-electron chi connectivity index (χ1n) is 6.89. The van der Waals surface area contributed by atoms with Gasteiger partial charge in [-0.1, -0.05) is 37.8 Å². The van der Waals surface area contributed by atoms with Gasteiger partial charge in [0.05, 0.1) is 5.56 Å². The number of nitrogens with two attached hydrogens (primary N) is 1. The first-order valence-corrected chi connectivity index (χ1v) is 6.89. The Morgan fingerprint density at radius 2 is 1.68 bits per heavy atom. The maximum Gasteiger partial charge on any atom is 0.416 e. The van der Waals surface area contributed by atoms with Gasteiger partial charge in [0.25, 0.3) is 0 Å². The van der Waals surface area contributed by atoms with Gasteiger partial charge >= 0.3 is 6.18 Å². The molecule has 1 aromatic carbocycles. The van der Waals surface area contributed by atoms with E-state index in [1.807, 2.05) is 0 Å². The average molecular weight is 271 g/mol. The van der Waals surface area contributed by atoms with E-state index in [9.17, 15) is 13.2 Å². The molecule has 1 nitrogen and oxygen atoms in total. The molecule has 0 aliphatic heterocycles. The zero-order valence-corrected chi connectivity index (χ0v) is 10.9. The molecule has 1 atom stereocenters. The van der Waals surface area contributed by atoms with Crippen LogP contribution >= 0.6 is 0 Å². The number of alkyl halides is 3. The van der Waals surface area contributed by atoms with E-state index < -0.39 is 11.7 Å². The van der Waals surface area contributed by atoms with E-state index in [-0.39, 0.29) is 6.04 Å². The summed E-state index contributed by atoms with van der Waals surface area (Å²) < 4.78 is 37.3. The van der Waals surface area contributed by atoms with E-state index in [0.29, 0.717) is 0 Å². The summed E-state index contributed by atoms with van der Waals surface area (Å²) >= 11 is 0. The molecule has 1 unspecified atom stereocenters. The average Bonchev–Trinajstić information content (AvgIpc) is 2.88. The van der Waals surface area contributed by atoms with E-state index in [1.165, 1.54) is 37.8 Å². The van der Waals surface area contributed by atoms with Crippen LogP contribution < -0.4 is 5.73 Å². The molecule has 0 spiro atoms. The van der Waals surface area contributed by atoms with Crippen LogP contribution in [0.1, 0.15) is 55.7 Å². The molecule has 0 saturated heterocycles. The van der Waals surface area contributed by atoms with Crippen molar-refractivity contribution in [1.82, 2.24) is 0 Å². The highest BCUT2D eigenvalue weighted by Crippen LogP contribution is 2.32. The molecule has 106 valence electrons. The van der Waals surface area contributed by atoms with Gasteiger partial charge in [-0.25, -0.2) is 0 Å². The van der Waals surface area contributed by atoms with Crippen molar-refractivity contribution >= 4 is 0 Å². The lowest BCUT2D eigenvalue weighted by Crippen LogP contribution is -2.12. The van der Waals surface area contributed by atoms with E-state index >= 15 is 0 Å². The highest BCUT2D eigenvalue weighted by molar-refractivity contribution is 5.26. The van der Waals surface area contributed by atoms with E-state index in [0.717, 1.165) is 36.5 Å². The summed E-state index contributed by atoms with van der Waals surface area (Å²) in [7, 11) is 0. The molecular weight excluding hydrogens is 251 g/mol. The lowest BCUT2D eigenvalue weighted by Gasteiger charge is -2.16. The van der Waals surface area contributed by atoms with Gasteiger partial charge in [0.15, 0.2) is 0 Å². The first-order chi connectivity index (χ1) is 8.97. The normalized spacial score (nSPS) is 18.7. The molecule has 4 heteroatoms. The predicted octanol–water partition coefficient (Wildman–Crippen LogP) is 4.68. The number of hydrogen-bond acceptors (Lipinski definition) is 1. The molecule has 0 heterocycles. The van der Waals surface area contributed by atoms with Crippen LogP contribution in [0.3, 0.4) is 0 Å². The lowest BCUT2D eigenvalue weighted by molar-refractivity contribution is -0.137. The first kappa shape index (κ1) is 14.4. The predicted molar refractivity (Wildman–Crippen MR) is 69.6 cm³/mol. The molecular formula is C15H20F3N. The largest absolute Gasteiger partial charge is 0.416 e. The highest BCUT2D eigenvalue weighted by Gasteiger charge is 2.30. The molecule has 2 rings (SSSR count). The lowest BCUT2D eigenvalue weighted by atomic mass is 9.95. The Bertz CT molecular complexity index is 391. The van der Waals surface area contributed by atoms with Crippen LogP contribution in [-0.2, 0) is 6.18 Å². The summed E-state index contributed by atoms with van der Waals surface area (Å²) in [4.78, 5) is 0. The fourth-order valence-electron chi connectivity index (χ4n) is 2.80. The summed E-state index contributed by atoms with van der Waals surface area (Å²) in [6, 6.07) is 5.09. The van der Waals surface area contributed by atoms with Crippen molar-refractivity contribution in [2.24, 2.45) is 11.7 Å². The Labute approximate surface area is 112 Å². The summed E-state index contributed by atoms with van der Waals surface area (Å²) in [5.41, 5.74) is 6.24. The second-order valence-electron chi connectivity index (χ2n) is 5.45. The van der Waals surface area contributed by atoms with Crippen molar-refractivity contribution in [2.75, 3.05) is 0 Å². The van der Waals surface area contributed by atoms with Crippen molar-refractivity contribution in [1.29, 1.82) is 0 Å². The summed E-state index contributed by atoms with van der Waals surface area (Å²) in [5, 5.41) is 0. The van der Waals surface area contributed by atoms with Crippen LogP contribution in [0.25, 0.3) is 0 Å². The third kappa shape index (κ3) is 3.96. The number of rotatable bonds is 4. The van der Waals surface area contributed by atoms with Gasteiger partial charge in [0.1, 0.15) is 0 Å². The summed E-state index contributed by atoms with van der Waals surface area (Å²) in [6.45, 7) is 0. The molecule has 1 aromatic rings. The molecule has 0 radical (unpaired) electrons. The second-order valence-corrected chi connectivity index (χ2v) is 5.45. The number of benzene rings is 1. The van der Waals surface area contributed by atoms with Gasteiger partial charge in [0, 0.05) is 6.04 Å². The standard InChI is InChI=1S/C15H20F3N/c16-15(17,18)13-8-6-12(7-9-13)14(19)10-5-11-3-1-2-4-11/h6-9,11,14H,1-5,10,19H2. The van der Waals surface area contributed by atoms with Crippen LogP contribution in [0, 0.1) is 5.92 Å². The van der Waals surface area contributed by atoms with Gasteiger partial charge in [0.2, 0.25) is 0 Å². The third-order valence-corrected chi connectivity index (χ3v) is 4.03. The molecule has 1 aliphatic carbocycles. The SMILES string of the molecule is NC(CCC1CCCC1)c1ccc(C(F)(F)F)cc1. The van der Waals surface area contributed by atoms with Crippen LogP contribution in [0.15, 0.2) is 24.3 Å². The molecule has 1 saturated carbocycles. The maximum atomic E-state index is 12.4. The van der Waals surface area contributed by atoms with Gasteiger partial charge in [-0.15, -0.1) is 0 Å².